The van der Waals surface area contributed by atoms with Gasteiger partial charge in [-0.15, -0.1) is 0 Å². The van der Waals surface area contributed by atoms with Gasteiger partial charge in [0.15, 0.2) is 0 Å². The van der Waals surface area contributed by atoms with Crippen molar-refractivity contribution in [2.24, 2.45) is 0 Å². The summed E-state index contributed by atoms with van der Waals surface area (Å²) in [6.45, 7) is 0. The molecule has 0 aromatic heterocycles. The Hall–Kier alpha value is 0.340. The van der Waals surface area contributed by atoms with Crippen LogP contribution in [0.3, 0.4) is 0 Å². The van der Waals surface area contributed by atoms with E-state index in [4.69, 9.17) is 9.79 Å². The maximum atomic E-state index is 9.55. The molecule has 7 heavy (non-hydrogen) atoms. The van der Waals surface area contributed by atoms with Gasteiger partial charge in [0.05, 0.1) is 0 Å². The second kappa shape index (κ2) is 3.36. The highest BCUT2D eigenvalue weighted by Crippen LogP contribution is 2.18. The Labute approximate surface area is 41.2 Å². The summed E-state index contributed by atoms with van der Waals surface area (Å²) in [6.07, 6.45) is 0. The summed E-state index contributed by atoms with van der Waals surface area (Å²) in [5.41, 5.74) is 0. The van der Waals surface area contributed by atoms with E-state index in [1.807, 2.05) is 0 Å². The maximum absolute atomic E-state index is 9.55. The van der Waals surface area contributed by atoms with Gasteiger partial charge in [-0.05, 0) is 0 Å². The van der Waals surface area contributed by atoms with Crippen molar-refractivity contribution >= 4 is 16.4 Å². The summed E-state index contributed by atoms with van der Waals surface area (Å²) >= 11 is 0. The number of nitrogens with one attached hydrogen (secondary N) is 1. The van der Waals surface area contributed by atoms with Crippen LogP contribution in [0, 0.1) is 0 Å². The first-order chi connectivity index (χ1) is 3.13. The third-order valence-electron chi connectivity index (χ3n) is 0.214. The van der Waals surface area contributed by atoms with E-state index in [0.29, 0.717) is 0 Å². The first kappa shape index (κ1) is 7.34. The number of hydrogen-bond acceptors (Lipinski definition) is 2. The van der Waals surface area contributed by atoms with Crippen molar-refractivity contribution in [3.8, 4) is 0 Å². The highest BCUT2D eigenvalue weighted by Gasteiger charge is 1.90. The minimum absolute atomic E-state index is 1.51. The van der Waals surface area contributed by atoms with Crippen molar-refractivity contribution in [2.45, 2.75) is 0 Å². The van der Waals surface area contributed by atoms with Crippen LogP contribution in [0.5, 0.6) is 0 Å². The zero-order valence-electron chi connectivity index (χ0n) is 3.21. The van der Waals surface area contributed by atoms with Crippen LogP contribution in [0.1, 0.15) is 0 Å². The number of hydrogen-bond donors (Lipinski definition) is 3. The zero-order chi connectivity index (χ0) is 5.86. The van der Waals surface area contributed by atoms with E-state index >= 15 is 0 Å². The summed E-state index contributed by atoms with van der Waals surface area (Å²) in [6, 6.07) is 0. The average Bonchev–Trinajstić information content (AvgIpc) is 1.27. The molecule has 0 radical (unpaired) electrons. The molecule has 0 spiro atoms. The van der Waals surface area contributed by atoms with Crippen molar-refractivity contribution < 1.29 is 18.9 Å². The van der Waals surface area contributed by atoms with Crippen molar-refractivity contribution in [3.63, 3.8) is 0 Å². The molecule has 0 fully saturated rings. The van der Waals surface area contributed by atoms with Gasteiger partial charge in [0.25, 0.3) is 16.4 Å². The molecule has 5 nitrogen and oxygen atoms in total. The SMILES string of the molecule is O=[PH](O)N[PH](=O)O. The predicted octanol–water partition coefficient (Wildman–Crippen LogP) is -0.660. The lowest BCUT2D eigenvalue weighted by atomic mass is 13.9. The van der Waals surface area contributed by atoms with Gasteiger partial charge in [-0.25, -0.2) is 0 Å². The fraction of sp³-hybridized carbons (Fsp3) is 0. The Morgan fingerprint density at radius 3 is 1.43 bits per heavy atom. The summed E-state index contributed by atoms with van der Waals surface area (Å²) in [4.78, 5) is 17.2. The van der Waals surface area contributed by atoms with Gasteiger partial charge in [-0.2, -0.15) is 4.86 Å². The van der Waals surface area contributed by atoms with Crippen LogP contribution >= 0.6 is 16.4 Å². The minimum Gasteiger partial charge on any atom is -0.335 e. The minimum atomic E-state index is -2.95. The third-order valence-corrected chi connectivity index (χ3v) is 1.92. The Balaban J connectivity index is 3.32. The van der Waals surface area contributed by atoms with E-state index in [1.54, 1.807) is 0 Å². The van der Waals surface area contributed by atoms with E-state index < -0.39 is 16.4 Å². The van der Waals surface area contributed by atoms with Crippen molar-refractivity contribution in [1.29, 1.82) is 0 Å². The maximum Gasteiger partial charge on any atom is 0.262 e. The quantitative estimate of drug-likeness (QED) is 0.449. The second-order valence-electron chi connectivity index (χ2n) is 0.735. The molecule has 7 heteroatoms. The molecular weight excluding hydrogens is 140 g/mol. The monoisotopic (exact) mass is 145 g/mol. The van der Waals surface area contributed by atoms with Gasteiger partial charge in [-0.1, -0.05) is 0 Å². The van der Waals surface area contributed by atoms with Crippen LogP contribution in [0.15, 0.2) is 0 Å². The normalized spacial score (nSPS) is 18.6. The molecule has 0 bridgehead atoms. The molecule has 0 amide bonds. The predicted molar refractivity (Wildman–Crippen MR) is 25.6 cm³/mol. The first-order valence-electron chi connectivity index (χ1n) is 1.36. The van der Waals surface area contributed by atoms with Crippen molar-refractivity contribution in [1.82, 2.24) is 4.86 Å². The largest absolute Gasteiger partial charge is 0.335 e. The zero-order valence-corrected chi connectivity index (χ0v) is 5.21. The van der Waals surface area contributed by atoms with Gasteiger partial charge in [0.1, 0.15) is 0 Å². The molecule has 0 saturated heterocycles. The van der Waals surface area contributed by atoms with E-state index in [-0.39, 0.29) is 0 Å². The fourth-order valence-electron chi connectivity index (χ4n) is 0.0915. The van der Waals surface area contributed by atoms with E-state index in [2.05, 4.69) is 0 Å². The van der Waals surface area contributed by atoms with Crippen LogP contribution in [-0.4, -0.2) is 9.79 Å². The van der Waals surface area contributed by atoms with Crippen LogP contribution < -0.4 is 4.86 Å². The van der Waals surface area contributed by atoms with Gasteiger partial charge >= 0.3 is 0 Å². The molecule has 0 aromatic carbocycles. The summed E-state index contributed by atoms with van der Waals surface area (Å²) < 4.78 is 19.1. The highest BCUT2D eigenvalue weighted by molar-refractivity contribution is 7.52. The Morgan fingerprint density at radius 1 is 1.14 bits per heavy atom. The molecule has 0 rings (SSSR count). The molecule has 0 heterocycles. The fourth-order valence-corrected chi connectivity index (χ4v) is 0.823. The third kappa shape index (κ3) is 6.34. The van der Waals surface area contributed by atoms with Gasteiger partial charge in [-0.3, -0.25) is 9.13 Å². The molecule has 0 aliphatic heterocycles. The summed E-state index contributed by atoms with van der Waals surface area (Å²) in [7, 11) is -5.90. The molecule has 2 atom stereocenters. The Bertz CT molecular complexity index is 85.9. The molecule has 44 valence electrons. The molecule has 2 unspecified atom stereocenters. The standard InChI is InChI=1S/H5NO4P2/c2-6(3)1-7(4)5/h6-7H,(H3,1,2,3,4,5). The molecule has 0 aliphatic rings. The molecule has 0 saturated carbocycles. The van der Waals surface area contributed by atoms with Gasteiger partial charge in [0, 0.05) is 0 Å². The summed E-state index contributed by atoms with van der Waals surface area (Å²) in [5.74, 6) is 0. The van der Waals surface area contributed by atoms with Crippen LogP contribution in [-0.2, 0) is 9.13 Å². The van der Waals surface area contributed by atoms with Crippen LogP contribution in [0.2, 0.25) is 0 Å². The molecule has 0 aromatic rings. The lowest BCUT2D eigenvalue weighted by Crippen LogP contribution is -1.84. The summed E-state index contributed by atoms with van der Waals surface area (Å²) in [5, 5.41) is 0. The van der Waals surface area contributed by atoms with Gasteiger partial charge < -0.3 is 9.79 Å². The van der Waals surface area contributed by atoms with Crippen molar-refractivity contribution in [3.05, 3.63) is 0 Å². The Morgan fingerprint density at radius 2 is 1.43 bits per heavy atom. The van der Waals surface area contributed by atoms with E-state index in [1.165, 1.54) is 4.86 Å². The smallest absolute Gasteiger partial charge is 0.262 e. The lowest BCUT2D eigenvalue weighted by molar-refractivity contribution is 0.480. The Kier molecular flexibility index (Phi) is 3.52. The second-order valence-corrected chi connectivity index (χ2v) is 2.96. The molecule has 3 N–H and O–H groups in total. The van der Waals surface area contributed by atoms with Crippen molar-refractivity contribution in [2.75, 3.05) is 0 Å². The van der Waals surface area contributed by atoms with Crippen LogP contribution in [0.4, 0.5) is 0 Å². The van der Waals surface area contributed by atoms with Gasteiger partial charge in [0.2, 0.25) is 0 Å². The molecule has 0 aliphatic carbocycles. The topological polar surface area (TPSA) is 86.6 Å². The van der Waals surface area contributed by atoms with E-state index in [9.17, 15) is 9.13 Å². The molecular formula is H5NO4P2. The van der Waals surface area contributed by atoms with Crippen LogP contribution in [0.25, 0.3) is 0 Å². The highest BCUT2D eigenvalue weighted by atomic mass is 31.2. The van der Waals surface area contributed by atoms with E-state index in [0.717, 1.165) is 0 Å². The average molecular weight is 145 g/mol. The lowest BCUT2D eigenvalue weighted by Gasteiger charge is -1.87. The number of rotatable bonds is 2. The first-order valence-corrected chi connectivity index (χ1v) is 4.07.